The van der Waals surface area contributed by atoms with Gasteiger partial charge in [0.2, 0.25) is 0 Å². The molecule has 0 saturated heterocycles. The van der Waals surface area contributed by atoms with Gasteiger partial charge in [0.15, 0.2) is 0 Å². The normalized spacial score (nSPS) is 13.8. The first kappa shape index (κ1) is 8.59. The molecule has 1 atom stereocenters. The van der Waals surface area contributed by atoms with Crippen molar-refractivity contribution in [2.75, 3.05) is 27.7 Å². The average Bonchev–Trinajstić information content (AvgIpc) is 1.82. The standard InChI is InChI=1S/C6H14N2O/c1-7-6(5-9)4-8(2)3/h5-7H,4H2,1-3H3. The first-order chi connectivity index (χ1) is 4.20. The summed E-state index contributed by atoms with van der Waals surface area (Å²) in [5.41, 5.74) is 0. The molecule has 0 radical (unpaired) electrons. The summed E-state index contributed by atoms with van der Waals surface area (Å²) in [4.78, 5) is 12.2. The number of carbonyl (C=O) groups excluding carboxylic acids is 1. The minimum atomic E-state index is -0.0278. The molecule has 0 aliphatic rings. The maximum Gasteiger partial charge on any atom is 0.138 e. The van der Waals surface area contributed by atoms with E-state index in [0.29, 0.717) is 0 Å². The summed E-state index contributed by atoms with van der Waals surface area (Å²) in [5.74, 6) is 0. The predicted molar refractivity (Wildman–Crippen MR) is 37.5 cm³/mol. The van der Waals surface area contributed by atoms with Gasteiger partial charge in [-0.1, -0.05) is 0 Å². The number of hydrogen-bond donors (Lipinski definition) is 1. The second kappa shape index (κ2) is 4.47. The number of nitrogens with one attached hydrogen (secondary N) is 1. The van der Waals surface area contributed by atoms with E-state index >= 15 is 0 Å². The Hall–Kier alpha value is -0.410. The smallest absolute Gasteiger partial charge is 0.138 e. The minimum absolute atomic E-state index is 0.0278. The number of rotatable bonds is 4. The molecule has 0 amide bonds. The molecule has 54 valence electrons. The number of nitrogens with zero attached hydrogens (tertiary/aromatic N) is 1. The first-order valence-electron chi connectivity index (χ1n) is 2.98. The van der Waals surface area contributed by atoms with Crippen LogP contribution in [0.1, 0.15) is 0 Å². The van der Waals surface area contributed by atoms with Gasteiger partial charge >= 0.3 is 0 Å². The third-order valence-electron chi connectivity index (χ3n) is 1.10. The monoisotopic (exact) mass is 130 g/mol. The zero-order valence-electron chi connectivity index (χ0n) is 6.22. The lowest BCUT2D eigenvalue weighted by Crippen LogP contribution is -2.36. The summed E-state index contributed by atoms with van der Waals surface area (Å²) < 4.78 is 0. The Labute approximate surface area is 56.0 Å². The van der Waals surface area contributed by atoms with Gasteiger partial charge in [-0.25, -0.2) is 0 Å². The third kappa shape index (κ3) is 4.12. The Morgan fingerprint density at radius 1 is 1.67 bits per heavy atom. The molecular weight excluding hydrogens is 116 g/mol. The maximum absolute atomic E-state index is 10.2. The van der Waals surface area contributed by atoms with Gasteiger partial charge < -0.3 is 15.0 Å². The molecule has 0 fully saturated rings. The largest absolute Gasteiger partial charge is 0.310 e. The van der Waals surface area contributed by atoms with Crippen molar-refractivity contribution in [2.45, 2.75) is 6.04 Å². The van der Waals surface area contributed by atoms with Gasteiger partial charge in [-0.2, -0.15) is 0 Å². The van der Waals surface area contributed by atoms with Crippen LogP contribution in [0.4, 0.5) is 0 Å². The molecule has 0 aromatic carbocycles. The molecule has 0 aromatic heterocycles. The molecule has 1 N–H and O–H groups in total. The van der Waals surface area contributed by atoms with Crippen molar-refractivity contribution in [3.05, 3.63) is 0 Å². The van der Waals surface area contributed by atoms with Gasteiger partial charge in [0, 0.05) is 6.54 Å². The van der Waals surface area contributed by atoms with Crippen LogP contribution in [-0.2, 0) is 4.79 Å². The molecule has 0 aliphatic heterocycles. The Morgan fingerprint density at radius 3 is 2.33 bits per heavy atom. The SMILES string of the molecule is CNC(C=O)CN(C)C. The van der Waals surface area contributed by atoms with Crippen LogP contribution >= 0.6 is 0 Å². The van der Waals surface area contributed by atoms with Crippen LogP contribution in [0.15, 0.2) is 0 Å². The summed E-state index contributed by atoms with van der Waals surface area (Å²) in [7, 11) is 5.66. The zero-order chi connectivity index (χ0) is 7.28. The van der Waals surface area contributed by atoms with Gasteiger partial charge in [-0.15, -0.1) is 0 Å². The van der Waals surface area contributed by atoms with Crippen molar-refractivity contribution in [3.8, 4) is 0 Å². The number of aldehydes is 1. The Morgan fingerprint density at radius 2 is 2.22 bits per heavy atom. The lowest BCUT2D eigenvalue weighted by molar-refractivity contribution is -0.109. The van der Waals surface area contributed by atoms with Crippen molar-refractivity contribution < 1.29 is 4.79 Å². The van der Waals surface area contributed by atoms with Crippen LogP contribution in [0.5, 0.6) is 0 Å². The molecule has 0 aromatic rings. The first-order valence-corrected chi connectivity index (χ1v) is 2.98. The average molecular weight is 130 g/mol. The van der Waals surface area contributed by atoms with E-state index in [9.17, 15) is 4.79 Å². The molecule has 0 saturated carbocycles. The molecule has 0 rings (SSSR count). The van der Waals surface area contributed by atoms with E-state index in [1.165, 1.54) is 0 Å². The van der Waals surface area contributed by atoms with Crippen molar-refractivity contribution in [3.63, 3.8) is 0 Å². The summed E-state index contributed by atoms with van der Waals surface area (Å²) in [6.07, 6.45) is 0.917. The van der Waals surface area contributed by atoms with Crippen LogP contribution in [0.25, 0.3) is 0 Å². The Bertz CT molecular complexity index is 83.1. The second-order valence-corrected chi connectivity index (χ2v) is 2.29. The van der Waals surface area contributed by atoms with E-state index in [-0.39, 0.29) is 6.04 Å². The van der Waals surface area contributed by atoms with Crippen molar-refractivity contribution >= 4 is 6.29 Å². The summed E-state index contributed by atoms with van der Waals surface area (Å²) in [6, 6.07) is -0.0278. The van der Waals surface area contributed by atoms with Crippen molar-refractivity contribution in [2.24, 2.45) is 0 Å². The maximum atomic E-state index is 10.2. The molecule has 3 heteroatoms. The van der Waals surface area contributed by atoms with Crippen LogP contribution in [0, 0.1) is 0 Å². The van der Waals surface area contributed by atoms with E-state index in [2.05, 4.69) is 5.32 Å². The number of carbonyl (C=O) groups is 1. The van der Waals surface area contributed by atoms with Crippen molar-refractivity contribution in [1.29, 1.82) is 0 Å². The third-order valence-corrected chi connectivity index (χ3v) is 1.10. The number of hydrogen-bond acceptors (Lipinski definition) is 3. The fourth-order valence-corrected chi connectivity index (χ4v) is 0.596. The zero-order valence-corrected chi connectivity index (χ0v) is 6.22. The summed E-state index contributed by atoms with van der Waals surface area (Å²) >= 11 is 0. The lowest BCUT2D eigenvalue weighted by Gasteiger charge is -2.13. The highest BCUT2D eigenvalue weighted by molar-refractivity contribution is 5.57. The minimum Gasteiger partial charge on any atom is -0.310 e. The van der Waals surface area contributed by atoms with Crippen molar-refractivity contribution in [1.82, 2.24) is 10.2 Å². The second-order valence-electron chi connectivity index (χ2n) is 2.29. The van der Waals surface area contributed by atoms with Gasteiger partial charge in [-0.05, 0) is 21.1 Å². The van der Waals surface area contributed by atoms with Gasteiger partial charge in [0.05, 0.1) is 6.04 Å². The molecule has 0 aliphatic carbocycles. The highest BCUT2D eigenvalue weighted by Crippen LogP contribution is 1.79. The van der Waals surface area contributed by atoms with Gasteiger partial charge in [-0.3, -0.25) is 0 Å². The van der Waals surface area contributed by atoms with E-state index in [0.717, 1.165) is 12.8 Å². The molecule has 9 heavy (non-hydrogen) atoms. The van der Waals surface area contributed by atoms with Gasteiger partial charge in [0.1, 0.15) is 6.29 Å². The molecule has 0 spiro atoms. The summed E-state index contributed by atoms with van der Waals surface area (Å²) in [5, 5.41) is 2.87. The Kier molecular flexibility index (Phi) is 4.26. The molecule has 0 bridgehead atoms. The predicted octanol–water partition coefficient (Wildman–Crippen LogP) is -0.665. The van der Waals surface area contributed by atoms with E-state index in [1.807, 2.05) is 19.0 Å². The van der Waals surface area contributed by atoms with Crippen LogP contribution in [0.3, 0.4) is 0 Å². The van der Waals surface area contributed by atoms with E-state index < -0.39 is 0 Å². The highest BCUT2D eigenvalue weighted by Gasteiger charge is 2.02. The fraction of sp³-hybridized carbons (Fsp3) is 0.833. The van der Waals surface area contributed by atoms with E-state index in [4.69, 9.17) is 0 Å². The quantitative estimate of drug-likeness (QED) is 0.512. The van der Waals surface area contributed by atoms with Crippen LogP contribution in [-0.4, -0.2) is 44.9 Å². The topological polar surface area (TPSA) is 32.3 Å². The lowest BCUT2D eigenvalue weighted by atomic mass is 10.3. The van der Waals surface area contributed by atoms with Gasteiger partial charge in [0.25, 0.3) is 0 Å². The molecular formula is C6H14N2O. The highest BCUT2D eigenvalue weighted by atomic mass is 16.1. The molecule has 3 nitrogen and oxygen atoms in total. The van der Waals surface area contributed by atoms with E-state index in [1.54, 1.807) is 7.05 Å². The summed E-state index contributed by atoms with van der Waals surface area (Å²) in [6.45, 7) is 0.764. The Balaban J connectivity index is 3.42. The van der Waals surface area contributed by atoms with Crippen LogP contribution < -0.4 is 5.32 Å². The molecule has 0 heterocycles. The molecule has 1 unspecified atom stereocenters. The fourth-order valence-electron chi connectivity index (χ4n) is 0.596. The van der Waals surface area contributed by atoms with Crippen LogP contribution in [0.2, 0.25) is 0 Å². The number of likely N-dealkylation sites (N-methyl/N-ethyl adjacent to an activating group) is 2.